The summed E-state index contributed by atoms with van der Waals surface area (Å²) in [4.78, 5) is 4.31. The normalized spacial score (nSPS) is 11.1. The predicted octanol–water partition coefficient (Wildman–Crippen LogP) is 3.52. The van der Waals surface area contributed by atoms with Crippen LogP contribution in [0.1, 0.15) is 16.3 Å². The lowest BCUT2D eigenvalue weighted by Gasteiger charge is -1.99. The molecule has 0 bridgehead atoms. The zero-order chi connectivity index (χ0) is 13.0. The molecule has 2 rings (SSSR count). The molecular formula is C14H12N2OS. The number of hydrogen-bond donors (Lipinski definition) is 0. The first kappa shape index (κ1) is 12.3. The van der Waals surface area contributed by atoms with Crippen LogP contribution in [0.2, 0.25) is 0 Å². The molecule has 0 aliphatic carbocycles. The lowest BCUT2D eigenvalue weighted by molar-refractivity contribution is 0.415. The molecule has 90 valence electrons. The molecule has 0 saturated carbocycles. The summed E-state index contributed by atoms with van der Waals surface area (Å²) in [6, 6.07) is 9.75. The van der Waals surface area contributed by atoms with Gasteiger partial charge in [0.2, 0.25) is 0 Å². The summed E-state index contributed by atoms with van der Waals surface area (Å²) in [6.07, 6.45) is 1.83. The lowest BCUT2D eigenvalue weighted by atomic mass is 10.1. The van der Waals surface area contributed by atoms with Gasteiger partial charge in [0.1, 0.15) is 16.8 Å². The molecule has 4 heteroatoms. The van der Waals surface area contributed by atoms with Gasteiger partial charge in [-0.2, -0.15) is 5.26 Å². The molecule has 18 heavy (non-hydrogen) atoms. The van der Waals surface area contributed by atoms with E-state index in [1.165, 1.54) is 11.3 Å². The molecule has 0 N–H and O–H groups in total. The van der Waals surface area contributed by atoms with E-state index in [4.69, 9.17) is 4.74 Å². The van der Waals surface area contributed by atoms with Crippen molar-refractivity contribution in [2.45, 2.75) is 6.92 Å². The molecule has 0 amide bonds. The highest BCUT2D eigenvalue weighted by Crippen LogP contribution is 2.22. The highest BCUT2D eigenvalue weighted by Gasteiger charge is 2.05. The molecule has 0 unspecified atom stereocenters. The minimum absolute atomic E-state index is 0.582. The Hall–Kier alpha value is -2.12. The van der Waals surface area contributed by atoms with Gasteiger partial charge in [-0.3, -0.25) is 0 Å². The predicted molar refractivity (Wildman–Crippen MR) is 73.3 cm³/mol. The van der Waals surface area contributed by atoms with Crippen LogP contribution in [0.25, 0.3) is 11.6 Å². The monoisotopic (exact) mass is 256 g/mol. The van der Waals surface area contributed by atoms with E-state index >= 15 is 0 Å². The van der Waals surface area contributed by atoms with E-state index < -0.39 is 0 Å². The van der Waals surface area contributed by atoms with Crippen LogP contribution in [0.15, 0.2) is 29.6 Å². The third-order valence-electron chi connectivity index (χ3n) is 2.40. The highest BCUT2D eigenvalue weighted by molar-refractivity contribution is 7.11. The lowest BCUT2D eigenvalue weighted by Crippen LogP contribution is -1.83. The summed E-state index contributed by atoms with van der Waals surface area (Å²) < 4.78 is 5.09. The molecule has 0 spiro atoms. The Labute approximate surface area is 110 Å². The van der Waals surface area contributed by atoms with E-state index in [9.17, 15) is 5.26 Å². The first-order valence-corrected chi connectivity index (χ1v) is 6.29. The zero-order valence-corrected chi connectivity index (χ0v) is 11.0. The minimum Gasteiger partial charge on any atom is -0.497 e. The second kappa shape index (κ2) is 5.48. The number of methoxy groups -OCH3 is 1. The number of aryl methyl sites for hydroxylation is 1. The molecule has 0 fully saturated rings. The van der Waals surface area contributed by atoms with Crippen LogP contribution in [0.4, 0.5) is 0 Å². The molecule has 1 aromatic heterocycles. The fraction of sp³-hybridized carbons (Fsp3) is 0.143. The van der Waals surface area contributed by atoms with Gasteiger partial charge < -0.3 is 4.74 Å². The summed E-state index contributed by atoms with van der Waals surface area (Å²) in [5, 5.41) is 11.9. The van der Waals surface area contributed by atoms with E-state index in [1.807, 2.05) is 42.6 Å². The summed E-state index contributed by atoms with van der Waals surface area (Å²) in [7, 11) is 1.63. The Balaban J connectivity index is 2.32. The van der Waals surface area contributed by atoms with Gasteiger partial charge in [0.05, 0.1) is 12.7 Å². The van der Waals surface area contributed by atoms with E-state index in [1.54, 1.807) is 7.11 Å². The number of rotatable bonds is 3. The maximum absolute atomic E-state index is 9.17. The molecule has 1 aromatic carbocycles. The topological polar surface area (TPSA) is 45.9 Å². The number of thiazole rings is 1. The Morgan fingerprint density at radius 1 is 1.39 bits per heavy atom. The van der Waals surface area contributed by atoms with Crippen molar-refractivity contribution >= 4 is 23.0 Å². The Bertz CT molecular complexity index is 605. The van der Waals surface area contributed by atoms with Gasteiger partial charge in [-0.1, -0.05) is 12.1 Å². The molecule has 0 saturated heterocycles. The molecule has 0 radical (unpaired) electrons. The third kappa shape index (κ3) is 2.76. The van der Waals surface area contributed by atoms with Crippen LogP contribution >= 0.6 is 11.3 Å². The largest absolute Gasteiger partial charge is 0.497 e. The van der Waals surface area contributed by atoms with E-state index in [0.29, 0.717) is 5.57 Å². The van der Waals surface area contributed by atoms with Crippen LogP contribution in [0, 0.1) is 18.3 Å². The Morgan fingerprint density at radius 2 is 2.11 bits per heavy atom. The molecule has 0 aliphatic rings. The quantitative estimate of drug-likeness (QED) is 0.789. The van der Waals surface area contributed by atoms with E-state index in [0.717, 1.165) is 22.0 Å². The van der Waals surface area contributed by atoms with Crippen molar-refractivity contribution in [3.05, 3.63) is 45.9 Å². The van der Waals surface area contributed by atoms with Crippen molar-refractivity contribution in [1.29, 1.82) is 5.26 Å². The van der Waals surface area contributed by atoms with Gasteiger partial charge in [0.25, 0.3) is 0 Å². The van der Waals surface area contributed by atoms with Crippen molar-refractivity contribution < 1.29 is 4.74 Å². The smallest absolute Gasteiger partial charge is 0.134 e. The fourth-order valence-electron chi connectivity index (χ4n) is 1.49. The number of nitrogens with zero attached hydrogens (tertiary/aromatic N) is 2. The van der Waals surface area contributed by atoms with Gasteiger partial charge in [0.15, 0.2) is 0 Å². The standard InChI is InChI=1S/C14H12N2OS/c1-10-9-18-14(16-10)12(8-15)7-11-3-5-13(17-2)6-4-11/h3-7,9H,1-2H3/b12-7-. The second-order valence-corrected chi connectivity index (χ2v) is 4.60. The number of ether oxygens (including phenoxy) is 1. The number of nitriles is 1. The van der Waals surface area contributed by atoms with Crippen LogP contribution in [0.3, 0.4) is 0 Å². The van der Waals surface area contributed by atoms with Gasteiger partial charge in [-0.15, -0.1) is 11.3 Å². The highest BCUT2D eigenvalue weighted by atomic mass is 32.1. The average Bonchev–Trinajstić information content (AvgIpc) is 2.83. The number of aromatic nitrogens is 1. The van der Waals surface area contributed by atoms with Gasteiger partial charge >= 0.3 is 0 Å². The van der Waals surface area contributed by atoms with E-state index in [-0.39, 0.29) is 0 Å². The van der Waals surface area contributed by atoms with Crippen LogP contribution in [-0.4, -0.2) is 12.1 Å². The van der Waals surface area contributed by atoms with Crippen molar-refractivity contribution in [2.75, 3.05) is 7.11 Å². The minimum atomic E-state index is 0.582. The maximum Gasteiger partial charge on any atom is 0.134 e. The summed E-state index contributed by atoms with van der Waals surface area (Å²) >= 11 is 1.48. The van der Waals surface area contributed by atoms with Gasteiger partial charge in [-0.05, 0) is 30.7 Å². The van der Waals surface area contributed by atoms with Crippen LogP contribution in [-0.2, 0) is 0 Å². The van der Waals surface area contributed by atoms with Gasteiger partial charge in [0, 0.05) is 11.1 Å². The Morgan fingerprint density at radius 3 is 2.61 bits per heavy atom. The molecule has 2 aromatic rings. The van der Waals surface area contributed by atoms with Crippen LogP contribution < -0.4 is 4.74 Å². The van der Waals surface area contributed by atoms with Crippen molar-refractivity contribution in [3.8, 4) is 11.8 Å². The fourth-order valence-corrected chi connectivity index (χ4v) is 2.25. The van der Waals surface area contributed by atoms with E-state index in [2.05, 4.69) is 11.1 Å². The SMILES string of the molecule is COc1ccc(/C=C(/C#N)c2nc(C)cs2)cc1. The average molecular weight is 256 g/mol. The third-order valence-corrected chi connectivity index (χ3v) is 3.39. The first-order valence-electron chi connectivity index (χ1n) is 5.41. The first-order chi connectivity index (χ1) is 8.72. The van der Waals surface area contributed by atoms with Gasteiger partial charge in [-0.25, -0.2) is 4.98 Å². The summed E-state index contributed by atoms with van der Waals surface area (Å²) in [5.74, 6) is 0.802. The number of hydrogen-bond acceptors (Lipinski definition) is 4. The van der Waals surface area contributed by atoms with Crippen LogP contribution in [0.5, 0.6) is 5.75 Å². The molecule has 0 aliphatic heterocycles. The van der Waals surface area contributed by atoms with Crippen molar-refractivity contribution in [1.82, 2.24) is 4.98 Å². The summed E-state index contributed by atoms with van der Waals surface area (Å²) in [5.41, 5.74) is 2.48. The second-order valence-electron chi connectivity index (χ2n) is 3.74. The van der Waals surface area contributed by atoms with Crippen molar-refractivity contribution in [3.63, 3.8) is 0 Å². The summed E-state index contributed by atoms with van der Waals surface area (Å²) in [6.45, 7) is 1.92. The molecule has 0 atom stereocenters. The molecular weight excluding hydrogens is 244 g/mol. The maximum atomic E-state index is 9.17. The zero-order valence-electron chi connectivity index (χ0n) is 10.2. The number of benzene rings is 1. The molecule has 3 nitrogen and oxygen atoms in total. The van der Waals surface area contributed by atoms with Crippen molar-refractivity contribution in [2.24, 2.45) is 0 Å². The Kier molecular flexibility index (Phi) is 3.75. The molecule has 1 heterocycles. The number of allylic oxidation sites excluding steroid dienone is 1.